The van der Waals surface area contributed by atoms with Gasteiger partial charge in [-0.05, 0) is 62.7 Å². The molecule has 0 saturated carbocycles. The Bertz CT molecular complexity index is 716. The average Bonchev–Trinajstić information content (AvgIpc) is 2.87. The Balaban J connectivity index is 1.64. The van der Waals surface area contributed by atoms with E-state index in [1.54, 1.807) is 0 Å². The lowest BCUT2D eigenvalue weighted by molar-refractivity contribution is 0.00578. The fourth-order valence-electron chi connectivity index (χ4n) is 3.43. The molecule has 3 rings (SSSR count). The van der Waals surface area contributed by atoms with Gasteiger partial charge in [0.2, 0.25) is 0 Å². The number of hydrogen-bond donors (Lipinski definition) is 0. The molecule has 0 unspecified atom stereocenters. The quantitative estimate of drug-likeness (QED) is 0.458. The summed E-state index contributed by atoms with van der Waals surface area (Å²) in [6.45, 7) is 10.6. The van der Waals surface area contributed by atoms with Crippen LogP contribution in [0.25, 0.3) is 11.1 Å². The van der Waals surface area contributed by atoms with Gasteiger partial charge in [0.05, 0.1) is 11.2 Å². The molecule has 144 valence electrons. The van der Waals surface area contributed by atoms with Crippen molar-refractivity contribution in [2.24, 2.45) is 0 Å². The van der Waals surface area contributed by atoms with Crippen molar-refractivity contribution in [3.05, 3.63) is 54.1 Å². The fourth-order valence-corrected chi connectivity index (χ4v) is 3.43. The van der Waals surface area contributed by atoms with E-state index in [0.29, 0.717) is 0 Å². The van der Waals surface area contributed by atoms with Crippen molar-refractivity contribution in [3.63, 3.8) is 0 Å². The zero-order valence-corrected chi connectivity index (χ0v) is 17.5. The first kappa shape index (κ1) is 20.2. The molecule has 1 saturated heterocycles. The zero-order chi connectivity index (χ0) is 19.5. The van der Waals surface area contributed by atoms with E-state index in [9.17, 15) is 0 Å². The lowest BCUT2D eigenvalue weighted by atomic mass is 9.78. The van der Waals surface area contributed by atoms with Crippen molar-refractivity contribution in [3.8, 4) is 11.1 Å². The van der Waals surface area contributed by atoms with Crippen LogP contribution >= 0.6 is 0 Å². The van der Waals surface area contributed by atoms with Crippen LogP contribution in [0, 0.1) is 0 Å². The van der Waals surface area contributed by atoms with Gasteiger partial charge in [-0.3, -0.25) is 0 Å². The highest BCUT2D eigenvalue weighted by molar-refractivity contribution is 6.62. The third kappa shape index (κ3) is 4.64. The Morgan fingerprint density at radius 3 is 1.74 bits per heavy atom. The molecule has 0 spiro atoms. The molecule has 0 atom stereocenters. The van der Waals surface area contributed by atoms with Crippen LogP contribution in [-0.4, -0.2) is 18.3 Å². The number of hydrogen-bond acceptors (Lipinski definition) is 2. The van der Waals surface area contributed by atoms with E-state index in [0.717, 1.165) is 5.46 Å². The Labute approximate surface area is 165 Å². The van der Waals surface area contributed by atoms with Crippen molar-refractivity contribution in [2.45, 2.75) is 77.9 Å². The lowest BCUT2D eigenvalue weighted by Gasteiger charge is -2.32. The average molecular weight is 364 g/mol. The first-order valence-corrected chi connectivity index (χ1v) is 10.4. The maximum Gasteiger partial charge on any atom is 0.494 e. The van der Waals surface area contributed by atoms with Gasteiger partial charge in [-0.1, -0.05) is 74.7 Å². The molecule has 1 heterocycles. The summed E-state index contributed by atoms with van der Waals surface area (Å²) in [7, 11) is -0.297. The number of rotatable bonds is 7. The molecule has 2 aromatic carbocycles. The van der Waals surface area contributed by atoms with Crippen molar-refractivity contribution in [1.82, 2.24) is 0 Å². The van der Waals surface area contributed by atoms with E-state index < -0.39 is 0 Å². The first-order valence-electron chi connectivity index (χ1n) is 10.4. The van der Waals surface area contributed by atoms with E-state index in [1.165, 1.54) is 48.8 Å². The van der Waals surface area contributed by atoms with E-state index in [1.807, 2.05) is 0 Å². The predicted octanol–water partition coefficient (Wildman–Crippen LogP) is 5.78. The molecule has 1 fully saturated rings. The van der Waals surface area contributed by atoms with E-state index in [4.69, 9.17) is 9.31 Å². The van der Waals surface area contributed by atoms with Crippen LogP contribution in [0.5, 0.6) is 0 Å². The van der Waals surface area contributed by atoms with Crippen LogP contribution in [-0.2, 0) is 15.7 Å². The third-order valence-electron chi connectivity index (χ3n) is 6.04. The van der Waals surface area contributed by atoms with E-state index >= 15 is 0 Å². The van der Waals surface area contributed by atoms with Gasteiger partial charge in [-0.15, -0.1) is 0 Å². The lowest BCUT2D eigenvalue weighted by Crippen LogP contribution is -2.41. The largest absolute Gasteiger partial charge is 0.494 e. The zero-order valence-electron chi connectivity index (χ0n) is 17.5. The standard InChI is InChI=1S/C24H33BO2/c1-6-7-8-9-10-19-11-13-20(14-12-19)21-15-17-22(18-16-21)25-26-23(2,3)24(4,5)27-25/h11-18H,6-10H2,1-5H3. The van der Waals surface area contributed by atoms with Crippen LogP contribution in [0.3, 0.4) is 0 Å². The highest BCUT2D eigenvalue weighted by Gasteiger charge is 2.51. The van der Waals surface area contributed by atoms with Gasteiger partial charge < -0.3 is 9.31 Å². The Morgan fingerprint density at radius 2 is 1.22 bits per heavy atom. The minimum absolute atomic E-state index is 0.297. The first-order chi connectivity index (χ1) is 12.8. The molecule has 0 radical (unpaired) electrons. The third-order valence-corrected chi connectivity index (χ3v) is 6.04. The van der Waals surface area contributed by atoms with Gasteiger partial charge in [0, 0.05) is 0 Å². The van der Waals surface area contributed by atoms with Crippen LogP contribution in [0.4, 0.5) is 0 Å². The normalized spacial score (nSPS) is 18.0. The summed E-state index contributed by atoms with van der Waals surface area (Å²) >= 11 is 0. The van der Waals surface area contributed by atoms with Crippen molar-refractivity contribution in [2.75, 3.05) is 0 Å². The molecule has 3 heteroatoms. The highest BCUT2D eigenvalue weighted by atomic mass is 16.7. The molecule has 27 heavy (non-hydrogen) atoms. The molecule has 1 aliphatic heterocycles. The smallest absolute Gasteiger partial charge is 0.399 e. The van der Waals surface area contributed by atoms with Gasteiger partial charge in [-0.25, -0.2) is 0 Å². The Hall–Kier alpha value is -1.58. The molecule has 0 aromatic heterocycles. The molecule has 0 bridgehead atoms. The van der Waals surface area contributed by atoms with Gasteiger partial charge in [0.1, 0.15) is 0 Å². The summed E-state index contributed by atoms with van der Waals surface area (Å²) in [6.07, 6.45) is 6.43. The van der Waals surface area contributed by atoms with Crippen molar-refractivity contribution in [1.29, 1.82) is 0 Å². The van der Waals surface area contributed by atoms with Gasteiger partial charge in [-0.2, -0.15) is 0 Å². The monoisotopic (exact) mass is 364 g/mol. The fraction of sp³-hybridized carbons (Fsp3) is 0.500. The molecule has 0 amide bonds. The summed E-state index contributed by atoms with van der Waals surface area (Å²) in [5.41, 5.74) is 4.39. The highest BCUT2D eigenvalue weighted by Crippen LogP contribution is 2.36. The van der Waals surface area contributed by atoms with Gasteiger partial charge in [0.25, 0.3) is 0 Å². The van der Waals surface area contributed by atoms with E-state index in [-0.39, 0.29) is 18.3 Å². The maximum absolute atomic E-state index is 6.14. The Kier molecular flexibility index (Phi) is 6.13. The van der Waals surface area contributed by atoms with Crippen molar-refractivity contribution >= 4 is 12.6 Å². The molecular formula is C24H33BO2. The number of aryl methyl sites for hydroxylation is 1. The number of unbranched alkanes of at least 4 members (excludes halogenated alkanes) is 3. The molecule has 2 aromatic rings. The van der Waals surface area contributed by atoms with Gasteiger partial charge in [0.15, 0.2) is 0 Å². The summed E-state index contributed by atoms with van der Waals surface area (Å²) in [5.74, 6) is 0. The molecule has 2 nitrogen and oxygen atoms in total. The number of benzene rings is 2. The molecule has 0 N–H and O–H groups in total. The van der Waals surface area contributed by atoms with Crippen LogP contribution in [0.1, 0.15) is 65.9 Å². The topological polar surface area (TPSA) is 18.5 Å². The minimum Gasteiger partial charge on any atom is -0.399 e. The van der Waals surface area contributed by atoms with Gasteiger partial charge >= 0.3 is 7.12 Å². The van der Waals surface area contributed by atoms with Crippen molar-refractivity contribution < 1.29 is 9.31 Å². The summed E-state index contributed by atoms with van der Waals surface area (Å²) in [5, 5.41) is 0. The summed E-state index contributed by atoms with van der Waals surface area (Å²) < 4.78 is 12.3. The minimum atomic E-state index is -0.302. The van der Waals surface area contributed by atoms with Crippen LogP contribution in [0.15, 0.2) is 48.5 Å². The SMILES string of the molecule is CCCCCCc1ccc(-c2ccc(B3OC(C)(C)C(C)(C)O3)cc2)cc1. The van der Waals surface area contributed by atoms with E-state index in [2.05, 4.69) is 83.1 Å². The Morgan fingerprint density at radius 1 is 0.704 bits per heavy atom. The second kappa shape index (κ2) is 8.20. The maximum atomic E-state index is 6.14. The van der Waals surface area contributed by atoms with Crippen LogP contribution < -0.4 is 5.46 Å². The molecular weight excluding hydrogens is 331 g/mol. The summed E-state index contributed by atoms with van der Waals surface area (Å²) in [6, 6.07) is 17.6. The predicted molar refractivity (Wildman–Crippen MR) is 115 cm³/mol. The summed E-state index contributed by atoms with van der Waals surface area (Å²) in [4.78, 5) is 0. The molecule has 1 aliphatic rings. The molecule has 0 aliphatic carbocycles. The van der Waals surface area contributed by atoms with Crippen LogP contribution in [0.2, 0.25) is 0 Å². The second-order valence-corrected chi connectivity index (χ2v) is 8.72. The second-order valence-electron chi connectivity index (χ2n) is 8.72.